The summed E-state index contributed by atoms with van der Waals surface area (Å²) in [5.41, 5.74) is 2.98. The van der Waals surface area contributed by atoms with Gasteiger partial charge < -0.3 is 4.98 Å². The first-order chi connectivity index (χ1) is 11.4. The summed E-state index contributed by atoms with van der Waals surface area (Å²) in [7, 11) is 0. The highest BCUT2D eigenvalue weighted by Gasteiger charge is 2.22. The van der Waals surface area contributed by atoms with Gasteiger partial charge in [0.05, 0.1) is 17.9 Å². The monoisotopic (exact) mass is 324 g/mol. The number of nitrogens with zero attached hydrogens (tertiary/aromatic N) is 5. The normalized spacial score (nSPS) is 15.8. The third-order valence-corrected chi connectivity index (χ3v) is 5.30. The number of aromatic amines is 1. The van der Waals surface area contributed by atoms with Gasteiger partial charge >= 0.3 is 0 Å². The Bertz CT molecular complexity index is 939. The summed E-state index contributed by atoms with van der Waals surface area (Å²) in [5, 5.41) is 7.47. The molecule has 4 aromatic rings. The van der Waals surface area contributed by atoms with Gasteiger partial charge in [0.2, 0.25) is 0 Å². The summed E-state index contributed by atoms with van der Waals surface area (Å²) in [6.45, 7) is 0. The van der Waals surface area contributed by atoms with Crippen LogP contribution >= 0.6 is 11.3 Å². The first-order valence-corrected chi connectivity index (χ1v) is 8.79. The largest absolute Gasteiger partial charge is 0.334 e. The Balaban J connectivity index is 1.61. The van der Waals surface area contributed by atoms with Gasteiger partial charge in [-0.1, -0.05) is 12.8 Å². The molecular weight excluding hydrogens is 308 g/mol. The molecule has 1 aliphatic rings. The lowest BCUT2D eigenvalue weighted by Gasteiger charge is -2.09. The van der Waals surface area contributed by atoms with Crippen LogP contribution in [-0.4, -0.2) is 29.3 Å². The van der Waals surface area contributed by atoms with Crippen LogP contribution in [0.25, 0.3) is 27.8 Å². The van der Waals surface area contributed by atoms with Gasteiger partial charge in [0.1, 0.15) is 5.52 Å². The van der Waals surface area contributed by atoms with Gasteiger partial charge in [-0.2, -0.15) is 5.10 Å². The van der Waals surface area contributed by atoms with E-state index in [1.807, 2.05) is 30.0 Å². The van der Waals surface area contributed by atoms with Crippen molar-refractivity contribution in [2.45, 2.75) is 31.7 Å². The average molecular weight is 324 g/mol. The summed E-state index contributed by atoms with van der Waals surface area (Å²) < 4.78 is 4.16. The summed E-state index contributed by atoms with van der Waals surface area (Å²) in [6, 6.07) is 4.58. The molecule has 1 saturated carbocycles. The van der Waals surface area contributed by atoms with E-state index in [0.717, 1.165) is 27.8 Å². The topological polar surface area (TPSA) is 64.3 Å². The second-order valence-corrected chi connectivity index (χ2v) is 6.80. The standard InChI is InChI=1S/C16H16N6S/c1-2-5-11(4-1)22-15-12(10-18-22)19-14(20-15)13-6-3-8-21(13)16-17-7-9-23-16/h3,6-11H,1-2,4-5H2,(H,19,20). The van der Waals surface area contributed by atoms with Crippen molar-refractivity contribution >= 4 is 22.5 Å². The van der Waals surface area contributed by atoms with Crippen molar-refractivity contribution in [3.63, 3.8) is 0 Å². The van der Waals surface area contributed by atoms with Crippen molar-refractivity contribution in [3.05, 3.63) is 36.1 Å². The summed E-state index contributed by atoms with van der Waals surface area (Å²) in [5.74, 6) is 0.865. The van der Waals surface area contributed by atoms with Crippen LogP contribution in [0.3, 0.4) is 0 Å². The molecule has 0 unspecified atom stereocenters. The zero-order chi connectivity index (χ0) is 15.2. The van der Waals surface area contributed by atoms with Crippen molar-refractivity contribution in [3.8, 4) is 16.6 Å². The summed E-state index contributed by atoms with van der Waals surface area (Å²) >= 11 is 1.61. The van der Waals surface area contributed by atoms with Crippen LogP contribution in [0, 0.1) is 0 Å². The molecule has 1 aliphatic carbocycles. The van der Waals surface area contributed by atoms with Crippen LogP contribution in [0.2, 0.25) is 0 Å². The van der Waals surface area contributed by atoms with Crippen LogP contribution in [0.4, 0.5) is 0 Å². The van der Waals surface area contributed by atoms with E-state index in [4.69, 9.17) is 4.98 Å². The molecule has 0 spiro atoms. The van der Waals surface area contributed by atoms with E-state index < -0.39 is 0 Å². The number of aromatic nitrogens is 6. The van der Waals surface area contributed by atoms with Crippen LogP contribution in [0.15, 0.2) is 36.1 Å². The van der Waals surface area contributed by atoms with Gasteiger partial charge in [0.15, 0.2) is 16.6 Å². The molecule has 7 heteroatoms. The predicted molar refractivity (Wildman–Crippen MR) is 89.8 cm³/mol. The maximum atomic E-state index is 4.83. The molecule has 0 radical (unpaired) electrons. The van der Waals surface area contributed by atoms with Crippen molar-refractivity contribution in [2.24, 2.45) is 0 Å². The second-order valence-electron chi connectivity index (χ2n) is 5.93. The Kier molecular flexibility index (Phi) is 2.87. The molecule has 6 nitrogen and oxygen atoms in total. The molecule has 0 bridgehead atoms. The maximum absolute atomic E-state index is 4.83. The van der Waals surface area contributed by atoms with Gasteiger partial charge in [-0.3, -0.25) is 4.57 Å². The van der Waals surface area contributed by atoms with E-state index in [2.05, 4.69) is 30.4 Å². The molecule has 23 heavy (non-hydrogen) atoms. The van der Waals surface area contributed by atoms with Gasteiger partial charge in [-0.05, 0) is 25.0 Å². The minimum Gasteiger partial charge on any atom is -0.334 e. The van der Waals surface area contributed by atoms with E-state index in [1.54, 1.807) is 11.3 Å². The zero-order valence-electron chi connectivity index (χ0n) is 12.5. The molecule has 1 N–H and O–H groups in total. The average Bonchev–Trinajstić information content (AvgIpc) is 3.33. The van der Waals surface area contributed by atoms with E-state index >= 15 is 0 Å². The van der Waals surface area contributed by atoms with Gasteiger partial charge in [-0.25, -0.2) is 14.6 Å². The molecule has 4 aromatic heterocycles. The third-order valence-electron chi connectivity index (χ3n) is 4.53. The van der Waals surface area contributed by atoms with E-state index in [1.165, 1.54) is 25.7 Å². The minimum absolute atomic E-state index is 0.495. The van der Waals surface area contributed by atoms with E-state index in [0.29, 0.717) is 6.04 Å². The Morgan fingerprint density at radius 2 is 2.17 bits per heavy atom. The molecule has 116 valence electrons. The minimum atomic E-state index is 0.495. The van der Waals surface area contributed by atoms with E-state index in [-0.39, 0.29) is 0 Å². The molecule has 0 atom stereocenters. The van der Waals surface area contributed by atoms with Crippen LogP contribution < -0.4 is 0 Å². The Hall–Kier alpha value is -2.41. The molecule has 0 saturated heterocycles. The van der Waals surface area contributed by atoms with Crippen molar-refractivity contribution < 1.29 is 0 Å². The lowest BCUT2D eigenvalue weighted by Crippen LogP contribution is -2.06. The SMILES string of the molecule is c1cc(-c2nc3c(cnn3C3CCCC3)[nH]2)n(-c2nccs2)c1. The van der Waals surface area contributed by atoms with Crippen LogP contribution in [-0.2, 0) is 0 Å². The van der Waals surface area contributed by atoms with Crippen molar-refractivity contribution in [2.75, 3.05) is 0 Å². The third kappa shape index (κ3) is 2.03. The number of thiazole rings is 1. The fraction of sp³-hybridized carbons (Fsp3) is 0.312. The lowest BCUT2D eigenvalue weighted by molar-refractivity contribution is 0.479. The number of hydrogen-bond donors (Lipinski definition) is 1. The van der Waals surface area contributed by atoms with Gasteiger partial charge in [-0.15, -0.1) is 11.3 Å². The second kappa shape index (κ2) is 5.06. The lowest BCUT2D eigenvalue weighted by atomic mass is 10.2. The van der Waals surface area contributed by atoms with Crippen molar-refractivity contribution in [1.82, 2.24) is 29.3 Å². The zero-order valence-corrected chi connectivity index (χ0v) is 13.3. The van der Waals surface area contributed by atoms with Crippen LogP contribution in [0.5, 0.6) is 0 Å². The highest BCUT2D eigenvalue weighted by molar-refractivity contribution is 7.12. The molecule has 1 fully saturated rings. The summed E-state index contributed by atoms with van der Waals surface area (Å²) in [6.07, 6.45) is 10.7. The molecule has 0 aromatic carbocycles. The fourth-order valence-corrected chi connectivity index (χ4v) is 4.07. The van der Waals surface area contributed by atoms with Gasteiger partial charge in [0.25, 0.3) is 0 Å². The highest BCUT2D eigenvalue weighted by atomic mass is 32.1. The van der Waals surface area contributed by atoms with Crippen molar-refractivity contribution in [1.29, 1.82) is 0 Å². The summed E-state index contributed by atoms with van der Waals surface area (Å²) in [4.78, 5) is 12.6. The number of rotatable bonds is 3. The Morgan fingerprint density at radius 1 is 1.26 bits per heavy atom. The van der Waals surface area contributed by atoms with Crippen LogP contribution in [0.1, 0.15) is 31.7 Å². The quantitative estimate of drug-likeness (QED) is 0.623. The first-order valence-electron chi connectivity index (χ1n) is 7.91. The highest BCUT2D eigenvalue weighted by Crippen LogP contribution is 2.32. The number of nitrogens with one attached hydrogen (secondary N) is 1. The number of imidazole rings is 1. The van der Waals surface area contributed by atoms with E-state index in [9.17, 15) is 0 Å². The fourth-order valence-electron chi connectivity index (χ4n) is 3.43. The maximum Gasteiger partial charge on any atom is 0.194 e. The number of fused-ring (bicyclic) bond motifs is 1. The molecule has 0 aliphatic heterocycles. The molecule has 4 heterocycles. The Labute approximate surface area is 136 Å². The Morgan fingerprint density at radius 3 is 3.00 bits per heavy atom. The molecule has 0 amide bonds. The van der Waals surface area contributed by atoms with Gasteiger partial charge in [0, 0.05) is 17.8 Å². The molecule has 5 rings (SSSR count). The smallest absolute Gasteiger partial charge is 0.194 e. The predicted octanol–water partition coefficient (Wildman–Crippen LogP) is 3.79. The molecular formula is C16H16N6S. The number of H-pyrrole nitrogens is 1. The number of hydrogen-bond acceptors (Lipinski definition) is 4. The first kappa shape index (κ1) is 13.1.